The maximum Gasteiger partial charge on any atom is 0.210 e. The van der Waals surface area contributed by atoms with E-state index in [0.717, 1.165) is 0 Å². The van der Waals surface area contributed by atoms with Crippen molar-refractivity contribution in [2.45, 2.75) is 29.4 Å². The molecule has 0 spiro atoms. The molecule has 0 saturated heterocycles. The summed E-state index contributed by atoms with van der Waals surface area (Å²) in [6.07, 6.45) is 0. The summed E-state index contributed by atoms with van der Waals surface area (Å²) >= 11 is 0. The van der Waals surface area contributed by atoms with Crippen LogP contribution in [0, 0.1) is 0 Å². The molecule has 3 aliphatic rings. The summed E-state index contributed by atoms with van der Waals surface area (Å²) in [6.45, 7) is 0. The number of carbonyl (C=O) groups is 1. The first-order valence-corrected chi connectivity index (χ1v) is 23.7. The third-order valence-corrected chi connectivity index (χ3v) is 17.1. The second kappa shape index (κ2) is 13.2. The highest BCUT2D eigenvalue weighted by molar-refractivity contribution is 7.92. The van der Waals surface area contributed by atoms with Crippen LogP contribution in [0.5, 0.6) is 0 Å². The van der Waals surface area contributed by atoms with E-state index in [1.54, 1.807) is 121 Å². The van der Waals surface area contributed by atoms with Gasteiger partial charge in [0.2, 0.25) is 29.5 Å². The molecule has 0 amide bonds. The lowest BCUT2D eigenvalue weighted by Crippen LogP contribution is -2.22. The van der Waals surface area contributed by atoms with Gasteiger partial charge in [-0.1, -0.05) is 91.0 Å². The molecule has 8 aromatic carbocycles. The van der Waals surface area contributed by atoms with Crippen LogP contribution >= 0.6 is 0 Å². The highest BCUT2D eigenvalue weighted by Gasteiger charge is 2.38. The summed E-state index contributed by atoms with van der Waals surface area (Å²) in [4.78, 5) is 18.8. The Morgan fingerprint density at radius 2 is 0.689 bits per heavy atom. The number of ketones is 1. The van der Waals surface area contributed by atoms with Gasteiger partial charge in [0.05, 0.1) is 52.1 Å². The Hall–Kier alpha value is -7.12. The molecule has 3 heterocycles. The third kappa shape index (κ3) is 5.36. The molecule has 12 heteroatoms. The summed E-state index contributed by atoms with van der Waals surface area (Å²) in [5, 5.41) is 0. The maximum atomic E-state index is 14.4. The van der Waals surface area contributed by atoms with Crippen LogP contribution in [-0.2, 0) is 29.5 Å². The normalized spacial score (nSPS) is 16.0. The molecule has 0 unspecified atom stereocenters. The Balaban J connectivity index is 0.936. The van der Waals surface area contributed by atoms with E-state index < -0.39 is 35.3 Å². The van der Waals surface area contributed by atoms with E-state index in [9.17, 15) is 30.0 Å². The first kappa shape index (κ1) is 36.9. The van der Waals surface area contributed by atoms with Crippen molar-refractivity contribution in [1.82, 2.24) is 0 Å². The molecule has 0 saturated carbocycles. The molecule has 61 heavy (non-hydrogen) atoms. The molecule has 11 rings (SSSR count). The lowest BCUT2D eigenvalue weighted by Gasteiger charge is -2.33. The summed E-state index contributed by atoms with van der Waals surface area (Å²) < 4.78 is 83.0. The van der Waals surface area contributed by atoms with Crippen LogP contribution < -0.4 is 9.80 Å². The molecule has 0 aromatic heterocycles. The second-order valence-corrected chi connectivity index (χ2v) is 20.5. The number of fused-ring (bicyclic) bond motifs is 6. The predicted octanol–water partition coefficient (Wildman–Crippen LogP) is 10.6. The number of para-hydroxylation sites is 4. The quantitative estimate of drug-likeness (QED) is 0.170. The van der Waals surface area contributed by atoms with Gasteiger partial charge in [-0.25, -0.2) is 25.3 Å². The fourth-order valence-corrected chi connectivity index (χ4v) is 13.7. The first-order valence-electron chi connectivity index (χ1n) is 19.2. The Morgan fingerprint density at radius 3 is 1.15 bits per heavy atom. The third-order valence-electron chi connectivity index (χ3n) is 11.5. The van der Waals surface area contributed by atoms with E-state index in [4.69, 9.17) is 0 Å². The Bertz CT molecular complexity index is 3440. The number of rotatable bonds is 4. The molecule has 0 radical (unpaired) electrons. The highest BCUT2D eigenvalue weighted by Crippen LogP contribution is 2.50. The molecule has 0 fully saturated rings. The van der Waals surface area contributed by atoms with Gasteiger partial charge in [0, 0.05) is 22.5 Å². The van der Waals surface area contributed by atoms with Crippen LogP contribution in [0.3, 0.4) is 0 Å². The van der Waals surface area contributed by atoms with Gasteiger partial charge in [-0.15, -0.1) is 0 Å². The molecule has 296 valence electrons. The zero-order valence-corrected chi connectivity index (χ0v) is 34.2. The molecular formula is C49H30N2O7S3. The van der Waals surface area contributed by atoms with Crippen molar-refractivity contribution < 1.29 is 30.0 Å². The van der Waals surface area contributed by atoms with E-state index in [0.29, 0.717) is 56.4 Å². The molecule has 3 aliphatic heterocycles. The van der Waals surface area contributed by atoms with Gasteiger partial charge in [0.1, 0.15) is 0 Å². The molecule has 0 atom stereocenters. The molecule has 0 aliphatic carbocycles. The predicted molar refractivity (Wildman–Crippen MR) is 233 cm³/mol. The van der Waals surface area contributed by atoms with Gasteiger partial charge in [-0.05, 0) is 113 Å². The summed E-state index contributed by atoms with van der Waals surface area (Å²) in [6, 6.07) is 51.7. The summed E-state index contributed by atoms with van der Waals surface area (Å²) in [5.41, 5.74) is 6.00. The average molecular weight is 855 g/mol. The van der Waals surface area contributed by atoms with Crippen LogP contribution in [0.1, 0.15) is 15.9 Å². The van der Waals surface area contributed by atoms with Crippen molar-refractivity contribution in [3.05, 3.63) is 193 Å². The van der Waals surface area contributed by atoms with E-state index in [2.05, 4.69) is 0 Å². The Morgan fingerprint density at radius 1 is 0.311 bits per heavy atom. The van der Waals surface area contributed by atoms with Crippen molar-refractivity contribution in [1.29, 1.82) is 0 Å². The van der Waals surface area contributed by atoms with Gasteiger partial charge < -0.3 is 9.80 Å². The summed E-state index contributed by atoms with van der Waals surface area (Å²) in [7, 11) is -11.6. The Labute approximate surface area is 352 Å². The summed E-state index contributed by atoms with van der Waals surface area (Å²) in [5.74, 6) is -0.414. The van der Waals surface area contributed by atoms with Crippen molar-refractivity contribution in [3.8, 4) is 22.3 Å². The number of benzene rings is 8. The number of nitrogens with zero attached hydrogens (tertiary/aromatic N) is 2. The van der Waals surface area contributed by atoms with Crippen molar-refractivity contribution in [2.75, 3.05) is 9.80 Å². The van der Waals surface area contributed by atoms with Crippen LogP contribution in [0.15, 0.2) is 211 Å². The van der Waals surface area contributed by atoms with E-state index in [-0.39, 0.29) is 40.5 Å². The molecule has 0 N–H and O–H groups in total. The van der Waals surface area contributed by atoms with E-state index in [1.807, 2.05) is 58.3 Å². The van der Waals surface area contributed by atoms with Gasteiger partial charge >= 0.3 is 0 Å². The fraction of sp³-hybridized carbons (Fsp3) is 0. The second-order valence-electron chi connectivity index (χ2n) is 14.9. The van der Waals surface area contributed by atoms with Crippen LogP contribution in [0.25, 0.3) is 22.3 Å². The monoisotopic (exact) mass is 854 g/mol. The highest BCUT2D eigenvalue weighted by atomic mass is 32.2. The van der Waals surface area contributed by atoms with Crippen LogP contribution in [0.2, 0.25) is 0 Å². The average Bonchev–Trinajstić information content (AvgIpc) is 3.29. The van der Waals surface area contributed by atoms with Gasteiger partial charge in [-0.2, -0.15) is 0 Å². The smallest absolute Gasteiger partial charge is 0.210 e. The standard InChI is InChI=1S/C49H30N2O7S3/c52-49-37-29-24-33(31-20-25-34(26-21-31)50-38-11-1-5-15-42(38)59(53,54)43-16-6-2-12-39(43)50)30-47(37)61(57,58)46-19-9-10-36(48(46)49)32-22-27-35(28-23-32)51-40-13-3-7-17-44(40)60(55,56)45-18-8-4-14-41(45)51/h1-30H. The zero-order chi connectivity index (χ0) is 41.8. The van der Waals surface area contributed by atoms with E-state index in [1.165, 1.54) is 12.1 Å². The Kier molecular flexibility index (Phi) is 7.98. The minimum atomic E-state index is -4.15. The number of hydrogen-bond donors (Lipinski definition) is 0. The zero-order valence-electron chi connectivity index (χ0n) is 31.8. The topological polar surface area (TPSA) is 126 Å². The van der Waals surface area contributed by atoms with Crippen LogP contribution in [-0.4, -0.2) is 31.0 Å². The lowest BCUT2D eigenvalue weighted by atomic mass is 9.92. The van der Waals surface area contributed by atoms with Crippen molar-refractivity contribution in [2.24, 2.45) is 0 Å². The van der Waals surface area contributed by atoms with Gasteiger partial charge in [-0.3, -0.25) is 4.79 Å². The van der Waals surface area contributed by atoms with Crippen LogP contribution in [0.4, 0.5) is 34.1 Å². The molecule has 8 aromatic rings. The number of anilines is 6. The fourth-order valence-electron chi connectivity index (χ4n) is 8.72. The number of hydrogen-bond acceptors (Lipinski definition) is 9. The van der Waals surface area contributed by atoms with Crippen molar-refractivity contribution in [3.63, 3.8) is 0 Å². The van der Waals surface area contributed by atoms with Crippen molar-refractivity contribution >= 4 is 69.4 Å². The maximum absolute atomic E-state index is 14.4. The van der Waals surface area contributed by atoms with Gasteiger partial charge in [0.25, 0.3) is 0 Å². The molecular weight excluding hydrogens is 825 g/mol. The van der Waals surface area contributed by atoms with Gasteiger partial charge in [0.15, 0.2) is 5.78 Å². The first-order chi connectivity index (χ1) is 29.5. The molecule has 9 nitrogen and oxygen atoms in total. The lowest BCUT2D eigenvalue weighted by molar-refractivity contribution is 0.103. The number of sulfone groups is 3. The minimum Gasteiger partial charge on any atom is -0.308 e. The largest absolute Gasteiger partial charge is 0.308 e. The SMILES string of the molecule is O=C1c2ccc(-c3ccc(N4c5ccccc5S(=O)(=O)c5ccccc54)cc3)cc2S(=O)(=O)c2cccc(-c3ccc(N4c5ccccc5S(=O)(=O)c5ccccc54)cc3)c21. The molecule has 0 bridgehead atoms. The van der Waals surface area contributed by atoms with E-state index >= 15 is 0 Å². The minimum absolute atomic E-state index is 0.0717. The number of carbonyl (C=O) groups excluding carboxylic acids is 1.